The Morgan fingerprint density at radius 3 is 2.93 bits per heavy atom. The monoisotopic (exact) mass is 184 g/mol. The normalized spacial score (nSPS) is 10.0. The summed E-state index contributed by atoms with van der Waals surface area (Å²) in [5, 5.41) is 7.72. The fourth-order valence-corrected chi connectivity index (χ4v) is 1.40. The first-order valence-corrected chi connectivity index (χ1v) is 4.21. The Morgan fingerprint density at radius 1 is 1.29 bits per heavy atom. The Morgan fingerprint density at radius 2 is 2.14 bits per heavy atom. The number of ketones is 1. The number of Topliss-reactive ketones (excluding diaryl/α,β-unsaturated/α-hetero) is 1. The summed E-state index contributed by atoms with van der Waals surface area (Å²) >= 11 is 0. The number of carbonyl (C=O) groups is 1. The van der Waals surface area contributed by atoms with E-state index in [1.54, 1.807) is 24.4 Å². The number of fused-ring (bicyclic) bond motifs is 1. The van der Waals surface area contributed by atoms with Crippen LogP contribution >= 0.6 is 0 Å². The van der Waals surface area contributed by atoms with Crippen molar-refractivity contribution in [3.63, 3.8) is 0 Å². The molecule has 0 aliphatic rings. The van der Waals surface area contributed by atoms with Crippen LogP contribution in [0, 0.1) is 5.41 Å². The summed E-state index contributed by atoms with van der Waals surface area (Å²) in [6.07, 6.45) is 2.50. The van der Waals surface area contributed by atoms with Crippen LogP contribution in [0.5, 0.6) is 0 Å². The Kier molecular flexibility index (Phi) is 2.07. The van der Waals surface area contributed by atoms with Crippen LogP contribution in [0.15, 0.2) is 36.5 Å². The lowest BCUT2D eigenvalue weighted by atomic mass is 10.1. The quantitative estimate of drug-likeness (QED) is 0.573. The van der Waals surface area contributed by atoms with Crippen LogP contribution in [0.4, 0.5) is 0 Å². The summed E-state index contributed by atoms with van der Waals surface area (Å²) in [4.78, 5) is 15.5. The Bertz CT molecular complexity index is 500. The van der Waals surface area contributed by atoms with Gasteiger partial charge < -0.3 is 5.41 Å². The predicted octanol–water partition coefficient (Wildman–Crippen LogP) is 2.07. The third-order valence-corrected chi connectivity index (χ3v) is 2.04. The Hall–Kier alpha value is -2.03. The zero-order chi connectivity index (χ0) is 9.97. The number of rotatable bonds is 2. The highest BCUT2D eigenvalue weighted by Gasteiger charge is 2.06. The van der Waals surface area contributed by atoms with Crippen molar-refractivity contribution < 1.29 is 4.79 Å². The second-order valence-electron chi connectivity index (χ2n) is 2.88. The van der Waals surface area contributed by atoms with Gasteiger partial charge >= 0.3 is 0 Å². The summed E-state index contributed by atoms with van der Waals surface area (Å²) in [5.41, 5.74) is 1.31. The van der Waals surface area contributed by atoms with Gasteiger partial charge in [-0.3, -0.25) is 9.78 Å². The summed E-state index contributed by atoms with van der Waals surface area (Å²) in [6, 6.07) is 8.93. The van der Waals surface area contributed by atoms with Crippen molar-refractivity contribution in [2.45, 2.75) is 0 Å². The van der Waals surface area contributed by atoms with E-state index in [4.69, 9.17) is 5.41 Å². The van der Waals surface area contributed by atoms with Gasteiger partial charge in [0.25, 0.3) is 0 Å². The molecule has 0 aliphatic carbocycles. The van der Waals surface area contributed by atoms with Crippen molar-refractivity contribution in [1.82, 2.24) is 4.98 Å². The van der Waals surface area contributed by atoms with E-state index in [9.17, 15) is 4.79 Å². The SMILES string of the molecule is N=CC(=O)c1cccc2ncccc12. The number of nitrogens with one attached hydrogen (secondary N) is 1. The van der Waals surface area contributed by atoms with Gasteiger partial charge in [0, 0.05) is 17.1 Å². The largest absolute Gasteiger partial charge is 0.305 e. The number of hydrogen-bond acceptors (Lipinski definition) is 3. The molecule has 3 heteroatoms. The van der Waals surface area contributed by atoms with Crippen LogP contribution in [0.2, 0.25) is 0 Å². The average molecular weight is 184 g/mol. The molecule has 3 nitrogen and oxygen atoms in total. The predicted molar refractivity (Wildman–Crippen MR) is 54.9 cm³/mol. The molecule has 14 heavy (non-hydrogen) atoms. The van der Waals surface area contributed by atoms with Gasteiger partial charge in [-0.15, -0.1) is 0 Å². The number of nitrogens with zero attached hydrogens (tertiary/aromatic N) is 1. The van der Waals surface area contributed by atoms with Crippen molar-refractivity contribution in [3.8, 4) is 0 Å². The van der Waals surface area contributed by atoms with E-state index < -0.39 is 0 Å². The first-order chi connectivity index (χ1) is 6.83. The van der Waals surface area contributed by atoms with Gasteiger partial charge in [0.1, 0.15) is 0 Å². The van der Waals surface area contributed by atoms with Crippen molar-refractivity contribution in [1.29, 1.82) is 5.41 Å². The molecule has 1 aromatic heterocycles. The van der Waals surface area contributed by atoms with Gasteiger partial charge in [0.15, 0.2) is 0 Å². The van der Waals surface area contributed by atoms with E-state index in [1.165, 1.54) is 0 Å². The molecule has 68 valence electrons. The lowest BCUT2D eigenvalue weighted by molar-refractivity contribution is 0.107. The van der Waals surface area contributed by atoms with Crippen LogP contribution in [0.3, 0.4) is 0 Å². The Balaban J connectivity index is 2.77. The third-order valence-electron chi connectivity index (χ3n) is 2.04. The van der Waals surface area contributed by atoms with E-state index in [1.807, 2.05) is 12.1 Å². The number of aromatic nitrogens is 1. The minimum absolute atomic E-state index is 0.288. The summed E-state index contributed by atoms with van der Waals surface area (Å²) < 4.78 is 0. The van der Waals surface area contributed by atoms with Gasteiger partial charge in [0.2, 0.25) is 5.78 Å². The van der Waals surface area contributed by atoms with E-state index in [0.717, 1.165) is 17.1 Å². The highest BCUT2D eigenvalue weighted by atomic mass is 16.1. The molecule has 1 aromatic carbocycles. The topological polar surface area (TPSA) is 53.8 Å². The molecule has 0 amide bonds. The zero-order valence-corrected chi connectivity index (χ0v) is 7.40. The number of pyridine rings is 1. The summed E-state index contributed by atoms with van der Waals surface area (Å²) in [7, 11) is 0. The van der Waals surface area contributed by atoms with Crippen molar-refractivity contribution in [2.24, 2.45) is 0 Å². The summed E-state index contributed by atoms with van der Waals surface area (Å²) in [5.74, 6) is -0.288. The fraction of sp³-hybridized carbons (Fsp3) is 0. The molecule has 0 atom stereocenters. The van der Waals surface area contributed by atoms with E-state index in [0.29, 0.717) is 5.56 Å². The molecule has 2 aromatic rings. The standard InChI is InChI=1S/C11H8N2O/c12-7-11(14)9-3-1-5-10-8(9)4-2-6-13-10/h1-7,12H. The van der Waals surface area contributed by atoms with Crippen LogP contribution in [0.25, 0.3) is 10.9 Å². The smallest absolute Gasteiger partial charge is 0.203 e. The fourth-order valence-electron chi connectivity index (χ4n) is 1.40. The first-order valence-electron chi connectivity index (χ1n) is 4.21. The lowest BCUT2D eigenvalue weighted by Crippen LogP contribution is -2.00. The number of carbonyl (C=O) groups excluding carboxylic acids is 1. The number of benzene rings is 1. The van der Waals surface area contributed by atoms with Crippen LogP contribution < -0.4 is 0 Å². The molecule has 1 N–H and O–H groups in total. The summed E-state index contributed by atoms with van der Waals surface area (Å²) in [6.45, 7) is 0. The van der Waals surface area contributed by atoms with Gasteiger partial charge in [-0.05, 0) is 12.1 Å². The second kappa shape index (κ2) is 3.38. The van der Waals surface area contributed by atoms with Gasteiger partial charge in [-0.2, -0.15) is 0 Å². The van der Waals surface area contributed by atoms with Crippen molar-refractivity contribution in [2.75, 3.05) is 0 Å². The lowest BCUT2D eigenvalue weighted by Gasteiger charge is -2.00. The van der Waals surface area contributed by atoms with E-state index in [2.05, 4.69) is 4.98 Å². The van der Waals surface area contributed by atoms with Gasteiger partial charge in [0.05, 0.1) is 11.7 Å². The van der Waals surface area contributed by atoms with E-state index in [-0.39, 0.29) is 5.78 Å². The molecular formula is C11H8N2O. The molecule has 0 saturated heterocycles. The molecular weight excluding hydrogens is 176 g/mol. The van der Waals surface area contributed by atoms with Gasteiger partial charge in [-0.25, -0.2) is 0 Å². The zero-order valence-electron chi connectivity index (χ0n) is 7.40. The molecule has 0 unspecified atom stereocenters. The molecule has 0 spiro atoms. The Labute approximate surface area is 80.9 Å². The molecule has 0 radical (unpaired) electrons. The third kappa shape index (κ3) is 1.29. The van der Waals surface area contributed by atoms with Crippen LogP contribution in [0.1, 0.15) is 10.4 Å². The highest BCUT2D eigenvalue weighted by molar-refractivity contribution is 6.37. The average Bonchev–Trinajstić information content (AvgIpc) is 2.27. The molecule has 0 fully saturated rings. The molecule has 2 rings (SSSR count). The molecule has 0 saturated carbocycles. The number of hydrogen-bond donors (Lipinski definition) is 1. The van der Waals surface area contributed by atoms with Gasteiger partial charge in [-0.1, -0.05) is 18.2 Å². The minimum Gasteiger partial charge on any atom is -0.305 e. The second-order valence-corrected chi connectivity index (χ2v) is 2.88. The molecule has 0 bridgehead atoms. The maximum atomic E-state index is 11.4. The first kappa shape index (κ1) is 8.56. The maximum absolute atomic E-state index is 11.4. The maximum Gasteiger partial charge on any atom is 0.203 e. The highest BCUT2D eigenvalue weighted by Crippen LogP contribution is 2.15. The molecule has 1 heterocycles. The minimum atomic E-state index is -0.288. The van der Waals surface area contributed by atoms with Crippen molar-refractivity contribution in [3.05, 3.63) is 42.1 Å². The van der Waals surface area contributed by atoms with Crippen LogP contribution in [-0.4, -0.2) is 17.0 Å². The van der Waals surface area contributed by atoms with E-state index >= 15 is 0 Å². The van der Waals surface area contributed by atoms with Crippen LogP contribution in [-0.2, 0) is 0 Å². The molecule has 0 aliphatic heterocycles. The van der Waals surface area contributed by atoms with Crippen molar-refractivity contribution >= 4 is 22.9 Å².